The molecule has 1 unspecified atom stereocenters. The van der Waals surface area contributed by atoms with Crippen LogP contribution in [0.5, 0.6) is 0 Å². The molecule has 1 aliphatic heterocycles. The molecule has 0 bridgehead atoms. The molecule has 106 valence electrons. The van der Waals surface area contributed by atoms with E-state index < -0.39 is 0 Å². The van der Waals surface area contributed by atoms with E-state index in [9.17, 15) is 4.79 Å². The summed E-state index contributed by atoms with van der Waals surface area (Å²) in [5.74, 6) is -0.0169. The van der Waals surface area contributed by atoms with Crippen molar-refractivity contribution >= 4 is 45.5 Å². The lowest BCUT2D eigenvalue weighted by atomic mass is 10.2. The second kappa shape index (κ2) is 6.13. The molecule has 0 saturated carbocycles. The van der Waals surface area contributed by atoms with E-state index in [1.54, 1.807) is 6.20 Å². The number of carbonyl (C=O) groups is 1. The first-order valence-corrected chi connectivity index (χ1v) is 8.18. The normalized spacial score (nSPS) is 19.4. The summed E-state index contributed by atoms with van der Waals surface area (Å²) in [5.41, 5.74) is 0.741. The summed E-state index contributed by atoms with van der Waals surface area (Å²) in [6.07, 6.45) is 3.50. The molecular formula is C11H12ClN5OS2. The maximum absolute atomic E-state index is 12.3. The number of nitrogens with zero attached hydrogens (tertiary/aromatic N) is 4. The number of likely N-dealkylation sites (tertiary alicyclic amines) is 1. The lowest BCUT2D eigenvalue weighted by Crippen LogP contribution is -2.39. The van der Waals surface area contributed by atoms with Gasteiger partial charge in [0.05, 0.1) is 6.04 Å². The van der Waals surface area contributed by atoms with Crippen LogP contribution in [0, 0.1) is 0 Å². The van der Waals surface area contributed by atoms with Gasteiger partial charge in [0.1, 0.15) is 10.0 Å². The summed E-state index contributed by atoms with van der Waals surface area (Å²) in [6.45, 7) is 1.43. The summed E-state index contributed by atoms with van der Waals surface area (Å²) in [7, 11) is 0. The number of amides is 1. The number of aromatic nitrogens is 3. The lowest BCUT2D eigenvalue weighted by Gasteiger charge is -2.22. The van der Waals surface area contributed by atoms with E-state index >= 15 is 0 Å². The number of nitrogens with one attached hydrogen (secondary N) is 1. The Bertz CT molecular complexity index is 587. The van der Waals surface area contributed by atoms with E-state index in [-0.39, 0.29) is 11.9 Å². The van der Waals surface area contributed by atoms with Crippen molar-refractivity contribution in [3.05, 3.63) is 21.6 Å². The number of hydrogen-bond acceptors (Lipinski definition) is 7. The Hall–Kier alpha value is -1.09. The summed E-state index contributed by atoms with van der Waals surface area (Å²) in [6, 6.07) is -0.156. The predicted molar refractivity (Wildman–Crippen MR) is 79.1 cm³/mol. The van der Waals surface area contributed by atoms with Gasteiger partial charge in [0.25, 0.3) is 0 Å². The van der Waals surface area contributed by atoms with Crippen LogP contribution in [0.15, 0.2) is 11.6 Å². The molecule has 1 fully saturated rings. The first kappa shape index (κ1) is 13.9. The third kappa shape index (κ3) is 2.98. The molecule has 1 N–H and O–H groups in total. The van der Waals surface area contributed by atoms with Crippen LogP contribution in [0.1, 0.15) is 18.5 Å². The van der Waals surface area contributed by atoms with Crippen molar-refractivity contribution in [1.29, 1.82) is 0 Å². The number of thiazole rings is 1. The van der Waals surface area contributed by atoms with Crippen molar-refractivity contribution in [2.45, 2.75) is 25.4 Å². The van der Waals surface area contributed by atoms with Gasteiger partial charge in [-0.25, -0.2) is 4.98 Å². The zero-order valence-corrected chi connectivity index (χ0v) is 12.8. The van der Waals surface area contributed by atoms with Crippen molar-refractivity contribution in [1.82, 2.24) is 19.5 Å². The fourth-order valence-electron chi connectivity index (χ4n) is 2.27. The van der Waals surface area contributed by atoms with Crippen molar-refractivity contribution in [3.63, 3.8) is 0 Å². The Morgan fingerprint density at radius 1 is 1.60 bits per heavy atom. The van der Waals surface area contributed by atoms with Crippen LogP contribution in [0.2, 0.25) is 4.34 Å². The summed E-state index contributed by atoms with van der Waals surface area (Å²) >= 11 is 8.60. The van der Waals surface area contributed by atoms with Gasteiger partial charge in [-0.1, -0.05) is 16.1 Å². The maximum atomic E-state index is 12.3. The highest BCUT2D eigenvalue weighted by atomic mass is 35.5. The second-order valence-electron chi connectivity index (χ2n) is 4.45. The van der Waals surface area contributed by atoms with E-state index in [4.69, 9.17) is 11.6 Å². The van der Waals surface area contributed by atoms with Crippen LogP contribution < -0.4 is 5.32 Å². The Labute approximate surface area is 128 Å². The zero-order valence-electron chi connectivity index (χ0n) is 10.5. The molecule has 6 nitrogen and oxygen atoms in total. The van der Waals surface area contributed by atoms with Crippen molar-refractivity contribution in [3.8, 4) is 0 Å². The molecule has 1 saturated heterocycles. The molecule has 0 radical (unpaired) electrons. The van der Waals surface area contributed by atoms with E-state index in [0.717, 1.165) is 25.1 Å². The SMILES string of the molecule is O=C(Nc1nccs1)C1CCCN1Cc1nnsc1Cl. The second-order valence-corrected chi connectivity index (χ2v) is 6.70. The molecule has 1 aliphatic rings. The summed E-state index contributed by atoms with van der Waals surface area (Å²) < 4.78 is 4.41. The first-order valence-electron chi connectivity index (χ1n) is 6.15. The highest BCUT2D eigenvalue weighted by Gasteiger charge is 2.31. The maximum Gasteiger partial charge on any atom is 0.243 e. The average Bonchev–Trinajstić information content (AvgIpc) is 3.13. The smallest absolute Gasteiger partial charge is 0.243 e. The largest absolute Gasteiger partial charge is 0.301 e. The van der Waals surface area contributed by atoms with Gasteiger partial charge in [-0.2, -0.15) is 0 Å². The van der Waals surface area contributed by atoms with Gasteiger partial charge in [0.15, 0.2) is 5.13 Å². The Morgan fingerprint density at radius 3 is 3.20 bits per heavy atom. The molecule has 1 atom stereocenters. The van der Waals surface area contributed by atoms with Crippen LogP contribution in [-0.4, -0.2) is 38.0 Å². The fraction of sp³-hybridized carbons (Fsp3) is 0.455. The molecular weight excluding hydrogens is 318 g/mol. The summed E-state index contributed by atoms with van der Waals surface area (Å²) in [4.78, 5) is 18.4. The quantitative estimate of drug-likeness (QED) is 0.931. The van der Waals surface area contributed by atoms with Crippen molar-refractivity contribution < 1.29 is 4.79 Å². The fourth-order valence-corrected chi connectivity index (χ4v) is 3.41. The average molecular weight is 330 g/mol. The molecule has 0 aromatic carbocycles. The van der Waals surface area contributed by atoms with Crippen molar-refractivity contribution in [2.75, 3.05) is 11.9 Å². The Kier molecular flexibility index (Phi) is 4.25. The van der Waals surface area contributed by atoms with Crippen LogP contribution in [0.4, 0.5) is 5.13 Å². The number of hydrogen-bond donors (Lipinski definition) is 1. The molecule has 2 aromatic rings. The van der Waals surface area contributed by atoms with Gasteiger partial charge in [-0.05, 0) is 19.4 Å². The lowest BCUT2D eigenvalue weighted by molar-refractivity contribution is -0.120. The number of carbonyl (C=O) groups excluding carboxylic acids is 1. The molecule has 0 spiro atoms. The van der Waals surface area contributed by atoms with Crippen molar-refractivity contribution in [2.24, 2.45) is 0 Å². The third-order valence-corrected chi connectivity index (χ3v) is 4.86. The minimum atomic E-state index is -0.156. The van der Waals surface area contributed by atoms with E-state index in [1.165, 1.54) is 22.9 Å². The van der Waals surface area contributed by atoms with Crippen LogP contribution >= 0.6 is 34.5 Å². The van der Waals surface area contributed by atoms with E-state index in [0.29, 0.717) is 16.0 Å². The van der Waals surface area contributed by atoms with Crippen LogP contribution in [-0.2, 0) is 11.3 Å². The number of anilines is 1. The summed E-state index contributed by atoms with van der Waals surface area (Å²) in [5, 5.41) is 9.32. The predicted octanol–water partition coefficient (Wildman–Crippen LogP) is 2.25. The Morgan fingerprint density at radius 2 is 2.50 bits per heavy atom. The molecule has 3 rings (SSSR count). The standard InChI is InChI=1S/C11H12ClN5OS2/c12-9-7(15-16-20-9)6-17-4-1-2-8(17)10(18)14-11-13-3-5-19-11/h3,5,8H,1-2,4,6H2,(H,13,14,18). The zero-order chi connectivity index (χ0) is 13.9. The van der Waals surface area contributed by atoms with Gasteiger partial charge in [-0.3, -0.25) is 9.69 Å². The minimum absolute atomic E-state index is 0.0169. The van der Waals surface area contributed by atoms with Gasteiger partial charge in [-0.15, -0.1) is 16.4 Å². The monoisotopic (exact) mass is 329 g/mol. The van der Waals surface area contributed by atoms with Gasteiger partial charge in [0.2, 0.25) is 5.91 Å². The van der Waals surface area contributed by atoms with E-state index in [2.05, 4.69) is 24.8 Å². The minimum Gasteiger partial charge on any atom is -0.301 e. The van der Waals surface area contributed by atoms with Gasteiger partial charge in [0, 0.05) is 29.7 Å². The van der Waals surface area contributed by atoms with E-state index in [1.807, 2.05) is 5.38 Å². The highest BCUT2D eigenvalue weighted by Crippen LogP contribution is 2.25. The van der Waals surface area contributed by atoms with Crippen LogP contribution in [0.25, 0.3) is 0 Å². The van der Waals surface area contributed by atoms with Gasteiger partial charge >= 0.3 is 0 Å². The molecule has 3 heterocycles. The first-order chi connectivity index (χ1) is 9.74. The number of halogens is 1. The van der Waals surface area contributed by atoms with Crippen LogP contribution in [0.3, 0.4) is 0 Å². The third-order valence-electron chi connectivity index (χ3n) is 3.19. The molecule has 0 aliphatic carbocycles. The molecule has 1 amide bonds. The molecule has 2 aromatic heterocycles. The highest BCUT2D eigenvalue weighted by molar-refractivity contribution is 7.13. The Balaban J connectivity index is 1.66. The molecule has 9 heteroatoms. The topological polar surface area (TPSA) is 71.0 Å². The number of rotatable bonds is 4. The van der Waals surface area contributed by atoms with Gasteiger partial charge < -0.3 is 5.32 Å². The molecule has 20 heavy (non-hydrogen) atoms.